The van der Waals surface area contributed by atoms with Gasteiger partial charge in [-0.2, -0.15) is 18.3 Å². The van der Waals surface area contributed by atoms with Gasteiger partial charge in [0.15, 0.2) is 5.65 Å². The van der Waals surface area contributed by atoms with Crippen LogP contribution in [0.25, 0.3) is 5.65 Å². The van der Waals surface area contributed by atoms with E-state index in [4.69, 9.17) is 5.73 Å². The fourth-order valence-electron chi connectivity index (χ4n) is 5.53. The molecular weight excluding hydrogens is 554 g/mol. The average molecular weight is 583 g/mol. The Kier molecular flexibility index (Phi) is 7.68. The second-order valence-corrected chi connectivity index (χ2v) is 10.9. The number of alkyl halides is 5. The highest BCUT2D eigenvalue weighted by atomic mass is 19.4. The van der Waals surface area contributed by atoms with Crippen LogP contribution in [0.4, 0.5) is 26.3 Å². The molecule has 3 N–H and O–H groups in total. The maximum absolute atomic E-state index is 14.0. The van der Waals surface area contributed by atoms with Crippen LogP contribution in [0.1, 0.15) is 90.6 Å². The predicted molar refractivity (Wildman–Crippen MR) is 133 cm³/mol. The van der Waals surface area contributed by atoms with Crippen molar-refractivity contribution in [1.29, 1.82) is 0 Å². The van der Waals surface area contributed by atoms with E-state index in [0.717, 1.165) is 25.1 Å². The molecule has 14 heteroatoms. The number of aromatic nitrogens is 4. The molecule has 0 unspecified atom stereocenters. The first-order chi connectivity index (χ1) is 19.3. The maximum atomic E-state index is 14.0. The minimum atomic E-state index is -4.45. The Labute approximate surface area is 230 Å². The summed E-state index contributed by atoms with van der Waals surface area (Å²) in [6.45, 7) is 0. The van der Waals surface area contributed by atoms with E-state index < -0.39 is 60.4 Å². The number of amides is 2. The van der Waals surface area contributed by atoms with Crippen molar-refractivity contribution in [2.75, 3.05) is 0 Å². The summed E-state index contributed by atoms with van der Waals surface area (Å²) >= 11 is 0. The predicted octanol–water partition coefficient (Wildman–Crippen LogP) is 5.23. The number of fused-ring (bicyclic) bond motifs is 1. The van der Waals surface area contributed by atoms with E-state index in [1.165, 1.54) is 10.7 Å². The molecule has 8 nitrogen and oxygen atoms in total. The monoisotopic (exact) mass is 582 g/mol. The maximum Gasteiger partial charge on any atom is 0.389 e. The SMILES string of the molecule is NC(=O)c1cc(F)cnc1[C@@H](c1cn2ncc([C@H](NC(=O)CCC(F)(F)F)C3CC3)cc2n1)C1CCC(F)(F)CC1. The third-order valence-corrected chi connectivity index (χ3v) is 7.76. The van der Waals surface area contributed by atoms with Gasteiger partial charge in [0.25, 0.3) is 5.91 Å². The molecule has 2 fully saturated rings. The molecule has 0 aliphatic heterocycles. The van der Waals surface area contributed by atoms with Crippen molar-refractivity contribution in [3.05, 3.63) is 59.1 Å². The first-order valence-corrected chi connectivity index (χ1v) is 13.3. The molecule has 5 rings (SSSR count). The van der Waals surface area contributed by atoms with Crippen LogP contribution in [-0.2, 0) is 4.79 Å². The summed E-state index contributed by atoms with van der Waals surface area (Å²) < 4.78 is 81.2. The Hall–Kier alpha value is -3.71. The van der Waals surface area contributed by atoms with E-state index in [1.54, 1.807) is 12.3 Å². The molecule has 0 bridgehead atoms. The third-order valence-electron chi connectivity index (χ3n) is 7.76. The number of hydrogen-bond donors (Lipinski definition) is 2. The summed E-state index contributed by atoms with van der Waals surface area (Å²) in [7, 11) is 0. The van der Waals surface area contributed by atoms with Crippen LogP contribution in [0.15, 0.2) is 30.7 Å². The summed E-state index contributed by atoms with van der Waals surface area (Å²) in [6.07, 6.45) is -1.32. The standard InChI is InChI=1S/C27H28F6N6O2/c28-17-10-18(25(34)41)24(35-12-17)22(14-3-6-26(29,30)7-4-14)19-13-39-20(37-19)9-16(11-36-39)23(15-1-2-15)38-21(40)5-8-27(31,32)33/h9-15,22-23H,1-8H2,(H2,34,41)(H,38,40)/t22-,23-/m1/s1. The van der Waals surface area contributed by atoms with Crippen molar-refractivity contribution < 1.29 is 35.9 Å². The lowest BCUT2D eigenvalue weighted by Gasteiger charge is -2.33. The van der Waals surface area contributed by atoms with Gasteiger partial charge in [-0.1, -0.05) is 0 Å². The van der Waals surface area contributed by atoms with Crippen LogP contribution < -0.4 is 11.1 Å². The Balaban J connectivity index is 1.48. The van der Waals surface area contributed by atoms with Crippen LogP contribution in [0.5, 0.6) is 0 Å². The topological polar surface area (TPSA) is 115 Å². The quantitative estimate of drug-likeness (QED) is 0.336. The number of nitrogens with two attached hydrogens (primary N) is 1. The molecule has 41 heavy (non-hydrogen) atoms. The normalized spacial score (nSPS) is 19.2. The Morgan fingerprint density at radius 3 is 2.44 bits per heavy atom. The minimum Gasteiger partial charge on any atom is -0.366 e. The van der Waals surface area contributed by atoms with E-state index >= 15 is 0 Å². The molecule has 3 aromatic heterocycles. The number of hydrogen-bond acceptors (Lipinski definition) is 5. The van der Waals surface area contributed by atoms with Crippen molar-refractivity contribution in [3.8, 4) is 0 Å². The first-order valence-electron chi connectivity index (χ1n) is 13.3. The number of nitrogens with zero attached hydrogens (tertiary/aromatic N) is 4. The molecule has 0 saturated heterocycles. The van der Waals surface area contributed by atoms with E-state index in [1.807, 2.05) is 0 Å². The van der Waals surface area contributed by atoms with Crippen molar-refractivity contribution in [1.82, 2.24) is 24.9 Å². The highest BCUT2D eigenvalue weighted by Gasteiger charge is 2.41. The number of halogens is 6. The highest BCUT2D eigenvalue weighted by Crippen LogP contribution is 2.45. The first kappa shape index (κ1) is 28.8. The second kappa shape index (κ2) is 10.9. The smallest absolute Gasteiger partial charge is 0.366 e. The van der Waals surface area contributed by atoms with Gasteiger partial charge in [-0.05, 0) is 55.2 Å². The highest BCUT2D eigenvalue weighted by molar-refractivity contribution is 5.94. The van der Waals surface area contributed by atoms with Crippen LogP contribution in [0, 0.1) is 17.7 Å². The molecule has 0 radical (unpaired) electrons. The minimum absolute atomic E-state index is 0.0433. The van der Waals surface area contributed by atoms with Gasteiger partial charge in [0.05, 0.1) is 48.0 Å². The van der Waals surface area contributed by atoms with Gasteiger partial charge in [-0.25, -0.2) is 22.7 Å². The van der Waals surface area contributed by atoms with Gasteiger partial charge in [-0.3, -0.25) is 14.6 Å². The lowest BCUT2D eigenvalue weighted by Crippen LogP contribution is -2.30. The summed E-state index contributed by atoms with van der Waals surface area (Å²) in [6, 6.07) is 2.07. The van der Waals surface area contributed by atoms with Crippen LogP contribution >= 0.6 is 0 Å². The molecule has 2 saturated carbocycles. The number of primary amides is 1. The molecule has 2 aliphatic rings. The fourth-order valence-corrected chi connectivity index (χ4v) is 5.53. The van der Waals surface area contributed by atoms with Gasteiger partial charge < -0.3 is 11.1 Å². The van der Waals surface area contributed by atoms with E-state index in [-0.39, 0.29) is 42.9 Å². The molecular formula is C27H28F6N6O2. The van der Waals surface area contributed by atoms with E-state index in [2.05, 4.69) is 20.4 Å². The number of rotatable bonds is 9. The van der Waals surface area contributed by atoms with Crippen molar-refractivity contribution in [2.24, 2.45) is 17.6 Å². The van der Waals surface area contributed by atoms with Crippen molar-refractivity contribution >= 4 is 17.5 Å². The van der Waals surface area contributed by atoms with Crippen LogP contribution in [-0.4, -0.2) is 43.5 Å². The Morgan fingerprint density at radius 2 is 1.80 bits per heavy atom. The zero-order valence-electron chi connectivity index (χ0n) is 21.8. The molecule has 0 spiro atoms. The van der Waals surface area contributed by atoms with E-state index in [9.17, 15) is 35.9 Å². The van der Waals surface area contributed by atoms with Gasteiger partial charge in [0, 0.05) is 25.2 Å². The number of imidazole rings is 1. The molecule has 220 valence electrons. The Bertz CT molecular complexity index is 1440. The van der Waals surface area contributed by atoms with Crippen LogP contribution in [0.2, 0.25) is 0 Å². The number of carbonyl (C=O) groups is 2. The zero-order valence-corrected chi connectivity index (χ0v) is 21.8. The largest absolute Gasteiger partial charge is 0.389 e. The van der Waals surface area contributed by atoms with Crippen molar-refractivity contribution in [2.45, 2.75) is 75.4 Å². The lowest BCUT2D eigenvalue weighted by molar-refractivity contribution is -0.144. The summed E-state index contributed by atoms with van der Waals surface area (Å²) in [5, 5.41) is 7.06. The average Bonchev–Trinajstić information content (AvgIpc) is 3.65. The second-order valence-electron chi connectivity index (χ2n) is 10.9. The number of carbonyl (C=O) groups excluding carboxylic acids is 2. The van der Waals surface area contributed by atoms with E-state index in [0.29, 0.717) is 16.9 Å². The van der Waals surface area contributed by atoms with Gasteiger partial charge in [-0.15, -0.1) is 0 Å². The summed E-state index contributed by atoms with van der Waals surface area (Å²) in [5.74, 6) is -6.36. The van der Waals surface area contributed by atoms with Gasteiger partial charge >= 0.3 is 6.18 Å². The zero-order chi connectivity index (χ0) is 29.5. The van der Waals surface area contributed by atoms with Gasteiger partial charge in [0.1, 0.15) is 5.82 Å². The van der Waals surface area contributed by atoms with Crippen LogP contribution in [0.3, 0.4) is 0 Å². The molecule has 2 aliphatic carbocycles. The van der Waals surface area contributed by atoms with Gasteiger partial charge in [0.2, 0.25) is 11.8 Å². The number of nitrogens with one attached hydrogen (secondary N) is 1. The third kappa shape index (κ3) is 6.79. The number of pyridine rings is 1. The fraction of sp³-hybridized carbons (Fsp3) is 0.519. The summed E-state index contributed by atoms with van der Waals surface area (Å²) in [4.78, 5) is 33.3. The molecule has 3 heterocycles. The molecule has 2 atom stereocenters. The molecule has 0 aromatic carbocycles. The molecule has 3 aromatic rings. The lowest BCUT2D eigenvalue weighted by atomic mass is 9.75. The Morgan fingerprint density at radius 1 is 1.10 bits per heavy atom. The molecule has 2 amide bonds. The van der Waals surface area contributed by atoms with Crippen molar-refractivity contribution in [3.63, 3.8) is 0 Å². The summed E-state index contributed by atoms with van der Waals surface area (Å²) in [5.41, 5.74) is 6.73.